The Labute approximate surface area is 98.1 Å². The number of carbonyl (C=O) groups excluding carboxylic acids is 1. The zero-order chi connectivity index (χ0) is 11.4. The van der Waals surface area contributed by atoms with Crippen molar-refractivity contribution in [3.63, 3.8) is 0 Å². The summed E-state index contributed by atoms with van der Waals surface area (Å²) in [6, 6.07) is 4.79. The van der Waals surface area contributed by atoms with Crippen LogP contribution in [-0.4, -0.2) is 12.0 Å². The van der Waals surface area contributed by atoms with Crippen molar-refractivity contribution in [3.8, 4) is 5.75 Å². The number of benzene rings is 1. The Kier molecular flexibility index (Phi) is 4.24. The lowest BCUT2D eigenvalue weighted by molar-refractivity contribution is -0.124. The molecule has 5 heteroatoms. The molecule has 1 aromatic carbocycles. The highest BCUT2D eigenvalue weighted by molar-refractivity contribution is 6.42. The summed E-state index contributed by atoms with van der Waals surface area (Å²) in [5.41, 5.74) is 5.14. The molecule has 2 N–H and O–H groups in total. The van der Waals surface area contributed by atoms with Crippen molar-refractivity contribution < 1.29 is 9.53 Å². The number of rotatable bonds is 4. The summed E-state index contributed by atoms with van der Waals surface area (Å²) in [4.78, 5) is 10.9. The number of carbonyl (C=O) groups is 1. The molecule has 3 nitrogen and oxygen atoms in total. The van der Waals surface area contributed by atoms with Crippen LogP contribution < -0.4 is 10.5 Å². The summed E-state index contributed by atoms with van der Waals surface area (Å²) >= 11 is 11.5. The molecule has 82 valence electrons. The van der Waals surface area contributed by atoms with Gasteiger partial charge in [-0.25, -0.2) is 0 Å². The standard InChI is InChI=1S/C10H11Cl2NO2/c1-2-9(10(13)14)15-6-3-4-7(11)8(12)5-6/h3-5,9H,2H2,1H3,(H2,13,14). The van der Waals surface area contributed by atoms with E-state index in [9.17, 15) is 4.79 Å². The Hall–Kier alpha value is -0.930. The maximum absolute atomic E-state index is 10.9. The molecule has 0 aromatic heterocycles. The van der Waals surface area contributed by atoms with Gasteiger partial charge in [-0.3, -0.25) is 4.79 Å². The first-order chi connectivity index (χ1) is 7.04. The predicted molar refractivity (Wildman–Crippen MR) is 60.4 cm³/mol. The molecule has 15 heavy (non-hydrogen) atoms. The fraction of sp³-hybridized carbons (Fsp3) is 0.300. The number of hydrogen-bond donors (Lipinski definition) is 1. The quantitative estimate of drug-likeness (QED) is 0.890. The van der Waals surface area contributed by atoms with E-state index in [1.54, 1.807) is 18.2 Å². The fourth-order valence-electron chi connectivity index (χ4n) is 1.06. The summed E-state index contributed by atoms with van der Waals surface area (Å²) in [5.74, 6) is -0.0152. The number of primary amides is 1. The van der Waals surface area contributed by atoms with Gasteiger partial charge in [0.25, 0.3) is 5.91 Å². The van der Waals surface area contributed by atoms with Gasteiger partial charge >= 0.3 is 0 Å². The van der Waals surface area contributed by atoms with Gasteiger partial charge < -0.3 is 10.5 Å². The summed E-state index contributed by atoms with van der Waals surface area (Å²) < 4.78 is 5.34. The third-order valence-corrected chi connectivity index (χ3v) is 2.60. The average Bonchev–Trinajstić information content (AvgIpc) is 2.19. The number of halogens is 2. The second kappa shape index (κ2) is 5.24. The predicted octanol–water partition coefficient (Wildman–Crippen LogP) is 2.64. The second-order valence-electron chi connectivity index (χ2n) is 2.99. The molecule has 1 rings (SSSR count). The number of ether oxygens (including phenoxy) is 1. The van der Waals surface area contributed by atoms with Gasteiger partial charge in [-0.2, -0.15) is 0 Å². The molecule has 0 saturated heterocycles. The molecule has 0 heterocycles. The third-order valence-electron chi connectivity index (χ3n) is 1.86. The average molecular weight is 248 g/mol. The van der Waals surface area contributed by atoms with Crippen LogP contribution in [0.15, 0.2) is 18.2 Å². The van der Waals surface area contributed by atoms with Crippen LogP contribution in [0.2, 0.25) is 10.0 Å². The molecular formula is C10H11Cl2NO2. The van der Waals surface area contributed by atoms with E-state index in [0.717, 1.165) is 0 Å². The van der Waals surface area contributed by atoms with Crippen LogP contribution in [-0.2, 0) is 4.79 Å². The lowest BCUT2D eigenvalue weighted by Gasteiger charge is -2.14. The van der Waals surface area contributed by atoms with Gasteiger partial charge in [0.05, 0.1) is 10.0 Å². The SMILES string of the molecule is CCC(Oc1ccc(Cl)c(Cl)c1)C(N)=O. The molecule has 1 aromatic rings. The highest BCUT2D eigenvalue weighted by Crippen LogP contribution is 2.27. The molecule has 1 unspecified atom stereocenters. The fourth-order valence-corrected chi connectivity index (χ4v) is 1.35. The van der Waals surface area contributed by atoms with E-state index in [-0.39, 0.29) is 0 Å². The minimum atomic E-state index is -0.637. The van der Waals surface area contributed by atoms with E-state index in [4.69, 9.17) is 33.7 Å². The van der Waals surface area contributed by atoms with Crippen molar-refractivity contribution in [1.82, 2.24) is 0 Å². The second-order valence-corrected chi connectivity index (χ2v) is 3.81. The van der Waals surface area contributed by atoms with Gasteiger partial charge in [0, 0.05) is 6.07 Å². The Morgan fingerprint density at radius 1 is 1.47 bits per heavy atom. The van der Waals surface area contributed by atoms with E-state index in [1.807, 2.05) is 6.92 Å². The normalized spacial score (nSPS) is 12.2. The molecule has 0 radical (unpaired) electrons. The van der Waals surface area contributed by atoms with Crippen molar-refractivity contribution in [2.45, 2.75) is 19.4 Å². The molecule has 0 bridgehead atoms. The molecule has 1 atom stereocenters. The van der Waals surface area contributed by atoms with Gasteiger partial charge in [-0.1, -0.05) is 30.1 Å². The minimum absolute atomic E-state index is 0.383. The van der Waals surface area contributed by atoms with Crippen LogP contribution in [0.3, 0.4) is 0 Å². The lowest BCUT2D eigenvalue weighted by atomic mass is 10.2. The molecule has 0 aliphatic rings. The van der Waals surface area contributed by atoms with Crippen molar-refractivity contribution in [1.29, 1.82) is 0 Å². The summed E-state index contributed by atoms with van der Waals surface area (Å²) in [7, 11) is 0. The van der Waals surface area contributed by atoms with Gasteiger partial charge in [0.1, 0.15) is 5.75 Å². The van der Waals surface area contributed by atoms with E-state index in [0.29, 0.717) is 22.2 Å². The first kappa shape index (κ1) is 12.1. The van der Waals surface area contributed by atoms with Crippen LogP contribution in [0.25, 0.3) is 0 Å². The summed E-state index contributed by atoms with van der Waals surface area (Å²) in [5, 5.41) is 0.824. The van der Waals surface area contributed by atoms with Crippen LogP contribution in [0.1, 0.15) is 13.3 Å². The molecule has 0 saturated carbocycles. The molecular weight excluding hydrogens is 237 g/mol. The summed E-state index contributed by atoms with van der Waals surface area (Å²) in [6.07, 6.45) is -0.127. The van der Waals surface area contributed by atoms with E-state index in [2.05, 4.69) is 0 Å². The van der Waals surface area contributed by atoms with Crippen LogP contribution in [0.5, 0.6) is 5.75 Å². The Morgan fingerprint density at radius 2 is 2.13 bits per heavy atom. The lowest BCUT2D eigenvalue weighted by Crippen LogP contribution is -2.32. The van der Waals surface area contributed by atoms with Gasteiger partial charge in [-0.05, 0) is 18.6 Å². The Morgan fingerprint density at radius 3 is 2.60 bits per heavy atom. The van der Waals surface area contributed by atoms with Gasteiger partial charge in [0.15, 0.2) is 6.10 Å². The monoisotopic (exact) mass is 247 g/mol. The Balaban J connectivity index is 2.80. The maximum atomic E-state index is 10.9. The number of nitrogens with two attached hydrogens (primary N) is 1. The van der Waals surface area contributed by atoms with Crippen molar-refractivity contribution in [3.05, 3.63) is 28.2 Å². The zero-order valence-corrected chi connectivity index (χ0v) is 9.68. The zero-order valence-electron chi connectivity index (χ0n) is 8.17. The summed E-state index contributed by atoms with van der Waals surface area (Å²) in [6.45, 7) is 1.81. The van der Waals surface area contributed by atoms with Crippen LogP contribution in [0.4, 0.5) is 0 Å². The minimum Gasteiger partial charge on any atom is -0.481 e. The molecule has 0 aliphatic heterocycles. The highest BCUT2D eigenvalue weighted by atomic mass is 35.5. The smallest absolute Gasteiger partial charge is 0.258 e. The topological polar surface area (TPSA) is 52.3 Å². The first-order valence-corrected chi connectivity index (χ1v) is 5.21. The molecule has 0 spiro atoms. The van der Waals surface area contributed by atoms with Gasteiger partial charge in [0.2, 0.25) is 0 Å². The Bertz CT molecular complexity index is 368. The maximum Gasteiger partial charge on any atom is 0.258 e. The van der Waals surface area contributed by atoms with Crippen LogP contribution in [0, 0.1) is 0 Å². The first-order valence-electron chi connectivity index (χ1n) is 4.45. The van der Waals surface area contributed by atoms with E-state index in [1.165, 1.54) is 0 Å². The van der Waals surface area contributed by atoms with Crippen LogP contribution >= 0.6 is 23.2 Å². The van der Waals surface area contributed by atoms with Crippen molar-refractivity contribution >= 4 is 29.1 Å². The number of hydrogen-bond acceptors (Lipinski definition) is 2. The largest absolute Gasteiger partial charge is 0.481 e. The van der Waals surface area contributed by atoms with Gasteiger partial charge in [-0.15, -0.1) is 0 Å². The van der Waals surface area contributed by atoms with Crippen molar-refractivity contribution in [2.24, 2.45) is 5.73 Å². The van der Waals surface area contributed by atoms with E-state index >= 15 is 0 Å². The molecule has 1 amide bonds. The van der Waals surface area contributed by atoms with E-state index < -0.39 is 12.0 Å². The highest BCUT2D eigenvalue weighted by Gasteiger charge is 2.14. The molecule has 0 aliphatic carbocycles. The third kappa shape index (κ3) is 3.29. The van der Waals surface area contributed by atoms with Crippen molar-refractivity contribution in [2.75, 3.05) is 0 Å². The molecule has 0 fully saturated rings. The number of amides is 1.